The van der Waals surface area contributed by atoms with Gasteiger partial charge in [-0.05, 0) is 42.9 Å². The fraction of sp³-hybridized carbons (Fsp3) is 0.308. The largest absolute Gasteiger partial charge is 0.332 e. The summed E-state index contributed by atoms with van der Waals surface area (Å²) >= 11 is 0. The summed E-state index contributed by atoms with van der Waals surface area (Å²) in [4.78, 5) is 10.8. The van der Waals surface area contributed by atoms with Crippen molar-refractivity contribution >= 4 is 11.6 Å². The van der Waals surface area contributed by atoms with Gasteiger partial charge in [-0.2, -0.15) is 4.39 Å². The zero-order chi connectivity index (χ0) is 10.7. The lowest BCUT2D eigenvalue weighted by Crippen LogP contribution is -1.99. The first-order valence-electron chi connectivity index (χ1n) is 5.27. The van der Waals surface area contributed by atoms with Gasteiger partial charge in [0.1, 0.15) is 0 Å². The van der Waals surface area contributed by atoms with Crippen LogP contribution >= 0.6 is 0 Å². The second kappa shape index (κ2) is 4.39. The Morgan fingerprint density at radius 3 is 2.67 bits per heavy atom. The number of hydrogen-bond acceptors (Lipinski definition) is 1. The molecule has 0 saturated heterocycles. The van der Waals surface area contributed by atoms with Crippen molar-refractivity contribution in [3.63, 3.8) is 0 Å². The van der Waals surface area contributed by atoms with Crippen LogP contribution < -0.4 is 0 Å². The third kappa shape index (κ3) is 2.14. The summed E-state index contributed by atoms with van der Waals surface area (Å²) in [7, 11) is 0. The Bertz CT molecular complexity index is 407. The van der Waals surface area contributed by atoms with Gasteiger partial charge in [0, 0.05) is 0 Å². The van der Waals surface area contributed by atoms with E-state index in [1.165, 1.54) is 6.42 Å². The molecule has 0 aromatic heterocycles. The zero-order valence-electron chi connectivity index (χ0n) is 8.50. The number of allylic oxidation sites excluding steroid dienone is 2. The maximum absolute atomic E-state index is 12.8. The van der Waals surface area contributed by atoms with Crippen molar-refractivity contribution in [3.8, 4) is 0 Å². The lowest BCUT2D eigenvalue weighted by Gasteiger charge is -2.14. The Balaban J connectivity index is 2.42. The van der Waals surface area contributed by atoms with Crippen LogP contribution in [0.15, 0.2) is 30.3 Å². The molecule has 1 aliphatic rings. The minimum atomic E-state index is -1.34. The average Bonchev–Trinajstić information content (AvgIpc) is 2.30. The molecule has 1 aliphatic carbocycles. The monoisotopic (exact) mass is 204 g/mol. The molecule has 0 saturated carbocycles. The molecule has 0 fully saturated rings. The van der Waals surface area contributed by atoms with Crippen LogP contribution in [0.25, 0.3) is 5.57 Å². The Labute approximate surface area is 88.6 Å². The summed E-state index contributed by atoms with van der Waals surface area (Å²) in [5.41, 5.74) is 2.08. The van der Waals surface area contributed by atoms with Crippen LogP contribution in [0.4, 0.5) is 4.39 Å². The van der Waals surface area contributed by atoms with Crippen molar-refractivity contribution in [2.24, 2.45) is 0 Å². The van der Waals surface area contributed by atoms with Crippen LogP contribution in [0.5, 0.6) is 0 Å². The molecular weight excluding hydrogens is 191 g/mol. The van der Waals surface area contributed by atoms with Gasteiger partial charge >= 0.3 is 6.04 Å². The highest BCUT2D eigenvalue weighted by molar-refractivity contribution is 5.94. The first-order valence-corrected chi connectivity index (χ1v) is 5.27. The van der Waals surface area contributed by atoms with Gasteiger partial charge in [-0.25, -0.2) is 0 Å². The Kier molecular flexibility index (Phi) is 2.95. The number of benzene rings is 1. The average molecular weight is 204 g/mol. The molecule has 1 aromatic rings. The van der Waals surface area contributed by atoms with E-state index >= 15 is 0 Å². The van der Waals surface area contributed by atoms with Crippen molar-refractivity contribution in [2.45, 2.75) is 25.7 Å². The summed E-state index contributed by atoms with van der Waals surface area (Å²) in [6, 6.07) is 5.57. The second-order valence-corrected chi connectivity index (χ2v) is 3.79. The third-order valence-electron chi connectivity index (χ3n) is 2.78. The molecular formula is C13H13FO. The van der Waals surface area contributed by atoms with Crippen LogP contribution in [-0.4, -0.2) is 6.04 Å². The molecule has 0 bridgehead atoms. The van der Waals surface area contributed by atoms with E-state index in [4.69, 9.17) is 0 Å². The number of carbonyl (C=O) groups excluding carboxylic acids is 1. The summed E-state index contributed by atoms with van der Waals surface area (Å²) in [5.74, 6) is 0. The lowest BCUT2D eigenvalue weighted by molar-refractivity contribution is 0.0835. The van der Waals surface area contributed by atoms with Gasteiger partial charge in [-0.15, -0.1) is 0 Å². The fourth-order valence-corrected chi connectivity index (χ4v) is 2.02. The smallest absolute Gasteiger partial charge is 0.255 e. The van der Waals surface area contributed by atoms with Crippen LogP contribution in [0, 0.1) is 0 Å². The van der Waals surface area contributed by atoms with E-state index in [2.05, 4.69) is 6.08 Å². The molecule has 0 unspecified atom stereocenters. The van der Waals surface area contributed by atoms with Crippen molar-refractivity contribution in [3.05, 3.63) is 41.5 Å². The van der Waals surface area contributed by atoms with E-state index in [1.807, 2.05) is 12.1 Å². The lowest BCUT2D eigenvalue weighted by atomic mass is 9.91. The van der Waals surface area contributed by atoms with Gasteiger partial charge in [0.15, 0.2) is 0 Å². The Morgan fingerprint density at radius 2 is 2.00 bits per heavy atom. The van der Waals surface area contributed by atoms with Gasteiger partial charge in [0.25, 0.3) is 0 Å². The number of rotatable bonds is 2. The molecule has 0 aliphatic heterocycles. The van der Waals surface area contributed by atoms with Crippen molar-refractivity contribution in [1.82, 2.24) is 0 Å². The standard InChI is InChI=1S/C13H13FO/c14-13(15)12-9-5-4-8-11(12)10-6-2-1-3-7-10/h4-6,8-9H,1-3,7H2. The quantitative estimate of drug-likeness (QED) is 0.670. The molecule has 2 rings (SSSR count). The second-order valence-electron chi connectivity index (χ2n) is 3.79. The zero-order valence-corrected chi connectivity index (χ0v) is 8.50. The maximum Gasteiger partial charge on any atom is 0.332 e. The minimum Gasteiger partial charge on any atom is -0.255 e. The first kappa shape index (κ1) is 10.1. The van der Waals surface area contributed by atoms with E-state index in [0.717, 1.165) is 30.4 Å². The highest BCUT2D eigenvalue weighted by Crippen LogP contribution is 2.29. The SMILES string of the molecule is O=C(F)c1ccccc1C1=CCCCC1. The van der Waals surface area contributed by atoms with Gasteiger partial charge in [0.05, 0.1) is 5.56 Å². The Morgan fingerprint density at radius 1 is 1.20 bits per heavy atom. The van der Waals surface area contributed by atoms with Crippen LogP contribution in [0.1, 0.15) is 41.6 Å². The molecule has 0 spiro atoms. The number of hydrogen-bond donors (Lipinski definition) is 0. The highest BCUT2D eigenvalue weighted by Gasteiger charge is 2.14. The highest BCUT2D eigenvalue weighted by atomic mass is 19.1. The van der Waals surface area contributed by atoms with Crippen molar-refractivity contribution in [2.75, 3.05) is 0 Å². The molecule has 15 heavy (non-hydrogen) atoms. The van der Waals surface area contributed by atoms with Crippen LogP contribution in [-0.2, 0) is 0 Å². The van der Waals surface area contributed by atoms with E-state index in [-0.39, 0.29) is 5.56 Å². The van der Waals surface area contributed by atoms with E-state index in [0.29, 0.717) is 0 Å². The number of halogens is 1. The van der Waals surface area contributed by atoms with Crippen LogP contribution in [0.2, 0.25) is 0 Å². The Hall–Kier alpha value is -1.44. The van der Waals surface area contributed by atoms with Crippen LogP contribution in [0.3, 0.4) is 0 Å². The summed E-state index contributed by atoms with van der Waals surface area (Å²) in [6.45, 7) is 0. The molecule has 0 radical (unpaired) electrons. The summed E-state index contributed by atoms with van der Waals surface area (Å²) < 4.78 is 12.8. The normalized spacial score (nSPS) is 15.9. The molecule has 2 heteroatoms. The van der Waals surface area contributed by atoms with E-state index < -0.39 is 6.04 Å². The van der Waals surface area contributed by atoms with E-state index in [1.54, 1.807) is 12.1 Å². The van der Waals surface area contributed by atoms with Gasteiger partial charge < -0.3 is 0 Å². The molecule has 78 valence electrons. The molecule has 0 N–H and O–H groups in total. The molecule has 0 atom stereocenters. The van der Waals surface area contributed by atoms with Crippen molar-refractivity contribution in [1.29, 1.82) is 0 Å². The number of carbonyl (C=O) groups is 1. The third-order valence-corrected chi connectivity index (χ3v) is 2.78. The van der Waals surface area contributed by atoms with Gasteiger partial charge in [-0.1, -0.05) is 24.3 Å². The molecule has 1 nitrogen and oxygen atoms in total. The maximum atomic E-state index is 12.8. The first-order chi connectivity index (χ1) is 7.29. The molecule has 0 amide bonds. The minimum absolute atomic E-state index is 0.200. The van der Waals surface area contributed by atoms with E-state index in [9.17, 15) is 9.18 Å². The fourth-order valence-electron chi connectivity index (χ4n) is 2.02. The molecule has 1 aromatic carbocycles. The predicted molar refractivity (Wildman–Crippen MR) is 58.3 cm³/mol. The van der Waals surface area contributed by atoms with Gasteiger partial charge in [0.2, 0.25) is 0 Å². The molecule has 0 heterocycles. The van der Waals surface area contributed by atoms with Crippen molar-refractivity contribution < 1.29 is 9.18 Å². The topological polar surface area (TPSA) is 17.1 Å². The van der Waals surface area contributed by atoms with Gasteiger partial charge in [-0.3, -0.25) is 4.79 Å². The summed E-state index contributed by atoms with van der Waals surface area (Å²) in [6.07, 6.45) is 6.41. The summed E-state index contributed by atoms with van der Waals surface area (Å²) in [5, 5.41) is 0. The predicted octanol–water partition coefficient (Wildman–Crippen LogP) is 3.75.